The third kappa shape index (κ3) is 9.48. The molecule has 2 aliphatic carbocycles. The second kappa shape index (κ2) is 14.1. The number of hydrogen-bond donors (Lipinski definition) is 4. The third-order valence-electron chi connectivity index (χ3n) is 7.99. The molecule has 0 aromatic carbocycles. The van der Waals surface area contributed by atoms with Crippen molar-refractivity contribution in [2.45, 2.75) is 121 Å². The average Bonchev–Trinajstić information content (AvgIpc) is 2.73. The molecule has 0 spiro atoms. The number of amides is 2. The van der Waals surface area contributed by atoms with Gasteiger partial charge in [-0.25, -0.2) is 0 Å². The van der Waals surface area contributed by atoms with E-state index in [0.717, 1.165) is 89.9 Å². The lowest BCUT2D eigenvalue weighted by molar-refractivity contribution is -0.126. The molecule has 1 unspecified atom stereocenters. The summed E-state index contributed by atoms with van der Waals surface area (Å²) in [6.07, 6.45) is 18.0. The van der Waals surface area contributed by atoms with E-state index in [-0.39, 0.29) is 17.7 Å². The van der Waals surface area contributed by atoms with Gasteiger partial charge in [0.05, 0.1) is 0 Å². The summed E-state index contributed by atoms with van der Waals surface area (Å²) in [5.41, 5.74) is 23.5. The SMILES string of the molecule is NC(=O)CCCCCCCCCC(C(N)=O)C(C1CCC(N)CC1)C1CCC(N)CC1. The van der Waals surface area contributed by atoms with Gasteiger partial charge < -0.3 is 22.9 Å². The molecule has 0 radical (unpaired) electrons. The second-order valence-corrected chi connectivity index (χ2v) is 10.4. The molecule has 0 aromatic rings. The molecule has 6 heteroatoms. The van der Waals surface area contributed by atoms with Crippen molar-refractivity contribution in [2.75, 3.05) is 0 Å². The van der Waals surface area contributed by atoms with Gasteiger partial charge in [-0.3, -0.25) is 9.59 Å². The van der Waals surface area contributed by atoms with Gasteiger partial charge in [0.15, 0.2) is 0 Å². The third-order valence-corrected chi connectivity index (χ3v) is 7.99. The van der Waals surface area contributed by atoms with Crippen LogP contribution < -0.4 is 22.9 Å². The van der Waals surface area contributed by atoms with Crippen LogP contribution in [-0.2, 0) is 9.59 Å². The van der Waals surface area contributed by atoms with Crippen molar-refractivity contribution in [2.24, 2.45) is 46.6 Å². The van der Waals surface area contributed by atoms with E-state index < -0.39 is 0 Å². The lowest BCUT2D eigenvalue weighted by atomic mass is 9.63. The fourth-order valence-corrected chi connectivity index (χ4v) is 6.17. The van der Waals surface area contributed by atoms with Crippen LogP contribution in [-0.4, -0.2) is 23.9 Å². The Morgan fingerprint density at radius 2 is 1.06 bits per heavy atom. The Labute approximate surface area is 189 Å². The summed E-state index contributed by atoms with van der Waals surface area (Å²) in [5.74, 6) is 1.28. The Balaban J connectivity index is 1.83. The van der Waals surface area contributed by atoms with E-state index in [1.165, 1.54) is 12.8 Å². The standard InChI is InChI=1S/C25H48N4O2/c26-20-14-10-18(11-15-20)24(19-12-16-21(27)17-13-19)22(25(29)31)8-6-4-2-1-3-5-7-9-23(28)30/h18-22,24H,1-17,26-27H2,(H2,28,30)(H2,29,31). The molecule has 0 aromatic heterocycles. The van der Waals surface area contributed by atoms with Gasteiger partial charge in [-0.15, -0.1) is 0 Å². The van der Waals surface area contributed by atoms with Crippen LogP contribution in [0.25, 0.3) is 0 Å². The van der Waals surface area contributed by atoms with E-state index in [0.29, 0.717) is 36.3 Å². The maximum atomic E-state index is 12.6. The highest BCUT2D eigenvalue weighted by atomic mass is 16.1. The van der Waals surface area contributed by atoms with Crippen molar-refractivity contribution in [1.29, 1.82) is 0 Å². The monoisotopic (exact) mass is 436 g/mol. The summed E-state index contributed by atoms with van der Waals surface area (Å²) in [7, 11) is 0. The fraction of sp³-hybridized carbons (Fsp3) is 0.920. The number of hydrogen-bond acceptors (Lipinski definition) is 4. The highest BCUT2D eigenvalue weighted by molar-refractivity contribution is 5.77. The second-order valence-electron chi connectivity index (χ2n) is 10.4. The van der Waals surface area contributed by atoms with Crippen LogP contribution in [0, 0.1) is 23.7 Å². The zero-order valence-electron chi connectivity index (χ0n) is 19.6. The molecule has 6 nitrogen and oxygen atoms in total. The molecule has 2 saturated carbocycles. The van der Waals surface area contributed by atoms with Crippen molar-refractivity contribution in [3.63, 3.8) is 0 Å². The van der Waals surface area contributed by atoms with E-state index in [4.69, 9.17) is 22.9 Å². The summed E-state index contributed by atoms with van der Waals surface area (Å²) in [5, 5.41) is 0. The number of nitrogens with two attached hydrogens (primary N) is 4. The summed E-state index contributed by atoms with van der Waals surface area (Å²) in [6, 6.07) is 0.651. The fourth-order valence-electron chi connectivity index (χ4n) is 6.17. The molecular formula is C25H48N4O2. The Kier molecular flexibility index (Phi) is 11.9. The van der Waals surface area contributed by atoms with Gasteiger partial charge in [0, 0.05) is 24.4 Å². The first-order valence-electron chi connectivity index (χ1n) is 13.0. The quantitative estimate of drug-likeness (QED) is 0.308. The first-order valence-corrected chi connectivity index (χ1v) is 13.0. The van der Waals surface area contributed by atoms with Gasteiger partial charge in [-0.05, 0) is 82.0 Å². The van der Waals surface area contributed by atoms with Gasteiger partial charge >= 0.3 is 0 Å². The average molecular weight is 437 g/mol. The van der Waals surface area contributed by atoms with Gasteiger partial charge in [-0.1, -0.05) is 38.5 Å². The molecule has 0 aliphatic heterocycles. The van der Waals surface area contributed by atoms with Gasteiger partial charge in [0.1, 0.15) is 0 Å². The molecule has 0 bridgehead atoms. The maximum absolute atomic E-state index is 12.6. The Hall–Kier alpha value is -1.14. The van der Waals surface area contributed by atoms with Crippen LogP contribution in [0.15, 0.2) is 0 Å². The predicted molar refractivity (Wildman–Crippen MR) is 127 cm³/mol. The van der Waals surface area contributed by atoms with Crippen LogP contribution in [0.4, 0.5) is 0 Å². The first kappa shape index (κ1) is 26.1. The van der Waals surface area contributed by atoms with E-state index in [2.05, 4.69) is 0 Å². The first-order chi connectivity index (χ1) is 14.9. The summed E-state index contributed by atoms with van der Waals surface area (Å²) < 4.78 is 0. The molecule has 0 heterocycles. The Morgan fingerprint density at radius 3 is 1.48 bits per heavy atom. The van der Waals surface area contributed by atoms with Crippen LogP contribution in [0.2, 0.25) is 0 Å². The smallest absolute Gasteiger partial charge is 0.220 e. The highest BCUT2D eigenvalue weighted by Crippen LogP contribution is 2.44. The zero-order valence-corrected chi connectivity index (χ0v) is 19.6. The molecule has 2 fully saturated rings. The summed E-state index contributed by atoms with van der Waals surface area (Å²) >= 11 is 0. The lowest BCUT2D eigenvalue weighted by Crippen LogP contribution is -2.43. The lowest BCUT2D eigenvalue weighted by Gasteiger charge is -2.43. The number of carbonyl (C=O) groups excluding carboxylic acids is 2. The minimum absolute atomic E-state index is 0.00536. The van der Waals surface area contributed by atoms with Crippen molar-refractivity contribution in [1.82, 2.24) is 0 Å². The van der Waals surface area contributed by atoms with Crippen molar-refractivity contribution in [3.8, 4) is 0 Å². The van der Waals surface area contributed by atoms with E-state index >= 15 is 0 Å². The molecule has 2 aliphatic rings. The molecule has 180 valence electrons. The maximum Gasteiger partial charge on any atom is 0.220 e. The molecule has 8 N–H and O–H groups in total. The number of unbranched alkanes of at least 4 members (excludes halogenated alkanes) is 6. The van der Waals surface area contributed by atoms with Crippen molar-refractivity contribution < 1.29 is 9.59 Å². The molecule has 1 atom stereocenters. The Morgan fingerprint density at radius 1 is 0.645 bits per heavy atom. The number of rotatable bonds is 14. The van der Waals surface area contributed by atoms with E-state index in [1.54, 1.807) is 0 Å². The Bertz CT molecular complexity index is 504. The minimum atomic E-state index is -0.202. The van der Waals surface area contributed by atoms with Crippen molar-refractivity contribution >= 4 is 11.8 Å². The van der Waals surface area contributed by atoms with Crippen LogP contribution >= 0.6 is 0 Å². The van der Waals surface area contributed by atoms with Gasteiger partial charge in [-0.2, -0.15) is 0 Å². The minimum Gasteiger partial charge on any atom is -0.370 e. The number of primary amides is 2. The highest BCUT2D eigenvalue weighted by Gasteiger charge is 2.40. The zero-order chi connectivity index (χ0) is 22.6. The van der Waals surface area contributed by atoms with E-state index in [1.807, 2.05) is 0 Å². The topological polar surface area (TPSA) is 138 Å². The van der Waals surface area contributed by atoms with Crippen LogP contribution in [0.3, 0.4) is 0 Å². The van der Waals surface area contributed by atoms with Crippen LogP contribution in [0.1, 0.15) is 109 Å². The number of carbonyl (C=O) groups is 2. The predicted octanol–water partition coefficient (Wildman–Crippen LogP) is 3.74. The summed E-state index contributed by atoms with van der Waals surface area (Å²) in [4.78, 5) is 23.4. The molecule has 2 amide bonds. The van der Waals surface area contributed by atoms with Gasteiger partial charge in [0.25, 0.3) is 0 Å². The van der Waals surface area contributed by atoms with E-state index in [9.17, 15) is 9.59 Å². The van der Waals surface area contributed by atoms with Crippen LogP contribution in [0.5, 0.6) is 0 Å². The normalized spacial score (nSPS) is 28.7. The van der Waals surface area contributed by atoms with Crippen molar-refractivity contribution in [3.05, 3.63) is 0 Å². The summed E-state index contributed by atoms with van der Waals surface area (Å²) in [6.45, 7) is 0. The van der Waals surface area contributed by atoms with Gasteiger partial charge in [0.2, 0.25) is 11.8 Å². The molecule has 31 heavy (non-hydrogen) atoms. The molecule has 0 saturated heterocycles. The molecule has 2 rings (SSSR count). The molecular weight excluding hydrogens is 388 g/mol. The largest absolute Gasteiger partial charge is 0.370 e.